The van der Waals surface area contributed by atoms with Crippen LogP contribution in [-0.2, 0) is 4.79 Å². The molecule has 1 heterocycles. The van der Waals surface area contributed by atoms with E-state index < -0.39 is 6.04 Å². The van der Waals surface area contributed by atoms with Crippen molar-refractivity contribution in [1.29, 1.82) is 0 Å². The first-order chi connectivity index (χ1) is 8.39. The Kier molecular flexibility index (Phi) is 3.30. The first-order valence-electron chi connectivity index (χ1n) is 6.17. The summed E-state index contributed by atoms with van der Waals surface area (Å²) < 4.78 is 5.52. The van der Waals surface area contributed by atoms with Crippen molar-refractivity contribution in [2.45, 2.75) is 32.9 Å². The van der Waals surface area contributed by atoms with Gasteiger partial charge >= 0.3 is 0 Å². The molecule has 1 aromatic rings. The van der Waals surface area contributed by atoms with Crippen molar-refractivity contribution in [2.24, 2.45) is 11.1 Å². The van der Waals surface area contributed by atoms with Gasteiger partial charge < -0.3 is 15.8 Å². The van der Waals surface area contributed by atoms with Gasteiger partial charge in [0.1, 0.15) is 12.4 Å². The second kappa shape index (κ2) is 4.61. The Morgan fingerprint density at radius 2 is 2.11 bits per heavy atom. The van der Waals surface area contributed by atoms with Crippen molar-refractivity contribution >= 4 is 5.91 Å². The molecule has 1 aliphatic heterocycles. The van der Waals surface area contributed by atoms with Crippen molar-refractivity contribution in [3.8, 4) is 5.75 Å². The van der Waals surface area contributed by atoms with Gasteiger partial charge in [0.05, 0.1) is 12.1 Å². The van der Waals surface area contributed by atoms with E-state index in [0.717, 1.165) is 11.3 Å². The van der Waals surface area contributed by atoms with E-state index in [1.807, 2.05) is 45.0 Å². The number of hydrogen-bond donors (Lipinski definition) is 2. The molecule has 18 heavy (non-hydrogen) atoms. The van der Waals surface area contributed by atoms with E-state index in [4.69, 9.17) is 10.5 Å². The summed E-state index contributed by atoms with van der Waals surface area (Å²) in [5.74, 6) is 0.708. The summed E-state index contributed by atoms with van der Waals surface area (Å²) in [5, 5.41) is 2.95. The van der Waals surface area contributed by atoms with Crippen LogP contribution in [0.4, 0.5) is 0 Å². The van der Waals surface area contributed by atoms with Crippen LogP contribution in [0.15, 0.2) is 24.3 Å². The molecular formula is C14H20N2O2. The molecule has 0 spiro atoms. The minimum absolute atomic E-state index is 0.0953. The summed E-state index contributed by atoms with van der Waals surface area (Å²) in [6, 6.07) is 7.12. The number of hydrogen-bond acceptors (Lipinski definition) is 3. The van der Waals surface area contributed by atoms with Crippen molar-refractivity contribution < 1.29 is 9.53 Å². The molecule has 0 saturated carbocycles. The van der Waals surface area contributed by atoms with E-state index in [1.165, 1.54) is 0 Å². The van der Waals surface area contributed by atoms with E-state index >= 15 is 0 Å². The van der Waals surface area contributed by atoms with Gasteiger partial charge in [-0.1, -0.05) is 39.0 Å². The van der Waals surface area contributed by atoms with Crippen molar-refractivity contribution in [1.82, 2.24) is 5.32 Å². The van der Waals surface area contributed by atoms with Gasteiger partial charge in [0.25, 0.3) is 0 Å². The highest BCUT2D eigenvalue weighted by atomic mass is 16.5. The van der Waals surface area contributed by atoms with Crippen LogP contribution in [0, 0.1) is 5.41 Å². The molecular weight excluding hydrogens is 228 g/mol. The van der Waals surface area contributed by atoms with E-state index in [1.54, 1.807) is 0 Å². The third-order valence-corrected chi connectivity index (χ3v) is 3.23. The van der Waals surface area contributed by atoms with Gasteiger partial charge in [0.2, 0.25) is 5.91 Å². The summed E-state index contributed by atoms with van der Waals surface area (Å²) in [6.07, 6.45) is 0. The molecule has 0 radical (unpaired) electrons. The number of nitrogens with two attached hydrogens (primary N) is 1. The first-order valence-corrected chi connectivity index (χ1v) is 6.17. The summed E-state index contributed by atoms with van der Waals surface area (Å²) in [6.45, 7) is 6.34. The molecule has 2 atom stereocenters. The normalized spacial score (nSPS) is 19.9. The molecule has 0 fully saturated rings. The Morgan fingerprint density at radius 3 is 2.78 bits per heavy atom. The SMILES string of the molecule is CC(C)(C)[C@@H](N)C(=O)NC1COc2ccccc21. The van der Waals surface area contributed by atoms with Gasteiger partial charge in [-0.2, -0.15) is 0 Å². The number of para-hydroxylation sites is 1. The Hall–Kier alpha value is -1.55. The lowest BCUT2D eigenvalue weighted by atomic mass is 9.86. The minimum Gasteiger partial charge on any atom is -0.491 e. The largest absolute Gasteiger partial charge is 0.491 e. The van der Waals surface area contributed by atoms with Crippen LogP contribution in [0.5, 0.6) is 5.75 Å². The number of carbonyl (C=O) groups is 1. The second-order valence-electron chi connectivity index (χ2n) is 5.75. The maximum Gasteiger partial charge on any atom is 0.238 e. The van der Waals surface area contributed by atoms with Gasteiger partial charge in [-0.05, 0) is 11.5 Å². The van der Waals surface area contributed by atoms with Gasteiger partial charge in [0, 0.05) is 5.56 Å². The zero-order valence-corrected chi connectivity index (χ0v) is 11.1. The fraction of sp³-hybridized carbons (Fsp3) is 0.500. The molecule has 4 nitrogen and oxygen atoms in total. The third kappa shape index (κ3) is 2.48. The van der Waals surface area contributed by atoms with Crippen LogP contribution < -0.4 is 15.8 Å². The Labute approximate surface area is 108 Å². The Morgan fingerprint density at radius 1 is 1.44 bits per heavy atom. The molecule has 2 rings (SSSR count). The summed E-state index contributed by atoms with van der Waals surface area (Å²) in [4.78, 5) is 12.1. The van der Waals surface area contributed by atoms with Crippen molar-refractivity contribution in [3.63, 3.8) is 0 Å². The quantitative estimate of drug-likeness (QED) is 0.835. The van der Waals surface area contributed by atoms with Gasteiger partial charge in [-0.15, -0.1) is 0 Å². The molecule has 0 aromatic heterocycles. The molecule has 1 amide bonds. The number of carbonyl (C=O) groups excluding carboxylic acids is 1. The summed E-state index contributed by atoms with van der Waals surface area (Å²) >= 11 is 0. The lowest BCUT2D eigenvalue weighted by Gasteiger charge is -2.27. The highest BCUT2D eigenvalue weighted by Gasteiger charge is 2.31. The molecule has 1 unspecified atom stereocenters. The predicted octanol–water partition coefficient (Wildman–Crippen LogP) is 1.61. The number of ether oxygens (including phenoxy) is 1. The lowest BCUT2D eigenvalue weighted by molar-refractivity contribution is -0.125. The van der Waals surface area contributed by atoms with E-state index in [9.17, 15) is 4.79 Å². The molecule has 1 aliphatic rings. The smallest absolute Gasteiger partial charge is 0.238 e. The first kappa shape index (κ1) is 12.9. The molecule has 0 bridgehead atoms. The van der Waals surface area contributed by atoms with Crippen LogP contribution in [-0.4, -0.2) is 18.6 Å². The van der Waals surface area contributed by atoms with Crippen molar-refractivity contribution in [2.75, 3.05) is 6.61 Å². The maximum atomic E-state index is 12.1. The van der Waals surface area contributed by atoms with Crippen molar-refractivity contribution in [3.05, 3.63) is 29.8 Å². The average molecular weight is 248 g/mol. The fourth-order valence-electron chi connectivity index (χ4n) is 1.94. The van der Waals surface area contributed by atoms with Gasteiger partial charge in [-0.3, -0.25) is 4.79 Å². The van der Waals surface area contributed by atoms with E-state index in [0.29, 0.717) is 6.61 Å². The van der Waals surface area contributed by atoms with Gasteiger partial charge in [0.15, 0.2) is 0 Å². The monoisotopic (exact) mass is 248 g/mol. The summed E-state index contributed by atoms with van der Waals surface area (Å²) in [5.41, 5.74) is 6.71. The van der Waals surface area contributed by atoms with Crippen LogP contribution in [0.25, 0.3) is 0 Å². The molecule has 98 valence electrons. The average Bonchev–Trinajstić information content (AvgIpc) is 2.70. The third-order valence-electron chi connectivity index (χ3n) is 3.23. The fourth-order valence-corrected chi connectivity index (χ4v) is 1.94. The zero-order valence-electron chi connectivity index (χ0n) is 11.1. The van der Waals surface area contributed by atoms with E-state index in [2.05, 4.69) is 5.32 Å². The number of fused-ring (bicyclic) bond motifs is 1. The topological polar surface area (TPSA) is 64.4 Å². The van der Waals surface area contributed by atoms with Crippen LogP contribution in [0.1, 0.15) is 32.4 Å². The number of rotatable bonds is 2. The van der Waals surface area contributed by atoms with Crippen LogP contribution in [0.2, 0.25) is 0 Å². The Bertz CT molecular complexity index is 451. The molecule has 0 aliphatic carbocycles. The van der Waals surface area contributed by atoms with Crippen LogP contribution >= 0.6 is 0 Å². The predicted molar refractivity (Wildman–Crippen MR) is 70.3 cm³/mol. The summed E-state index contributed by atoms with van der Waals surface area (Å²) in [7, 11) is 0. The number of nitrogens with one attached hydrogen (secondary N) is 1. The highest BCUT2D eigenvalue weighted by Crippen LogP contribution is 2.32. The number of amides is 1. The highest BCUT2D eigenvalue weighted by molar-refractivity contribution is 5.83. The molecule has 4 heteroatoms. The minimum atomic E-state index is -0.523. The lowest BCUT2D eigenvalue weighted by Crippen LogP contribution is -2.49. The van der Waals surface area contributed by atoms with Gasteiger partial charge in [-0.25, -0.2) is 0 Å². The zero-order chi connectivity index (χ0) is 13.3. The second-order valence-corrected chi connectivity index (χ2v) is 5.75. The standard InChI is InChI=1S/C14H20N2O2/c1-14(2,3)12(15)13(17)16-10-8-18-11-7-5-4-6-9(10)11/h4-7,10,12H,8,15H2,1-3H3,(H,16,17)/t10?,12-/m0/s1. The molecule has 1 aromatic carbocycles. The Balaban J connectivity index is 2.06. The van der Waals surface area contributed by atoms with Crippen LogP contribution in [0.3, 0.4) is 0 Å². The van der Waals surface area contributed by atoms with E-state index in [-0.39, 0.29) is 17.4 Å². The maximum absolute atomic E-state index is 12.1. The number of benzene rings is 1. The molecule has 3 N–H and O–H groups in total. The molecule has 0 saturated heterocycles.